The van der Waals surface area contributed by atoms with Gasteiger partial charge < -0.3 is 15.0 Å². The molecular formula is C20H25FIN5S. The minimum atomic E-state index is -0.195. The number of aliphatic imine (C=N–C) groups is 1. The lowest BCUT2D eigenvalue weighted by atomic mass is 10.3. The van der Waals surface area contributed by atoms with Crippen LogP contribution in [0.5, 0.6) is 0 Å². The van der Waals surface area contributed by atoms with Crippen molar-refractivity contribution in [1.29, 1.82) is 0 Å². The van der Waals surface area contributed by atoms with Crippen LogP contribution in [0, 0.1) is 5.82 Å². The van der Waals surface area contributed by atoms with E-state index in [1.54, 1.807) is 18.8 Å². The minimum absolute atomic E-state index is 0. The van der Waals surface area contributed by atoms with Crippen LogP contribution in [-0.4, -0.2) is 41.2 Å². The van der Waals surface area contributed by atoms with E-state index in [-0.39, 0.29) is 29.8 Å². The Bertz CT molecular complexity index is 849. The highest BCUT2D eigenvalue weighted by molar-refractivity contribution is 14.0. The number of fused-ring (bicyclic) bond motifs is 1. The van der Waals surface area contributed by atoms with Crippen molar-refractivity contribution in [2.45, 2.75) is 17.7 Å². The topological polar surface area (TPSA) is 53.7 Å². The van der Waals surface area contributed by atoms with Gasteiger partial charge in [0.05, 0.1) is 5.69 Å². The number of halogens is 2. The van der Waals surface area contributed by atoms with Crippen LogP contribution in [0.25, 0.3) is 5.65 Å². The van der Waals surface area contributed by atoms with Crippen LogP contribution in [0.3, 0.4) is 0 Å². The maximum atomic E-state index is 12.9. The van der Waals surface area contributed by atoms with E-state index in [9.17, 15) is 4.39 Å². The normalized spacial score (nSPS) is 11.3. The van der Waals surface area contributed by atoms with E-state index >= 15 is 0 Å². The van der Waals surface area contributed by atoms with Crippen LogP contribution in [0.4, 0.5) is 4.39 Å². The largest absolute Gasteiger partial charge is 0.356 e. The fourth-order valence-corrected chi connectivity index (χ4v) is 3.49. The van der Waals surface area contributed by atoms with Crippen molar-refractivity contribution in [1.82, 2.24) is 20.0 Å². The Balaban J connectivity index is 0.00000280. The molecule has 2 heterocycles. The molecule has 2 N–H and O–H groups in total. The molecule has 0 saturated carbocycles. The summed E-state index contributed by atoms with van der Waals surface area (Å²) in [5, 5.41) is 6.64. The van der Waals surface area contributed by atoms with Crippen LogP contribution in [0.2, 0.25) is 0 Å². The Morgan fingerprint density at radius 2 is 1.93 bits per heavy atom. The summed E-state index contributed by atoms with van der Waals surface area (Å²) in [6, 6.07) is 12.6. The molecule has 0 spiro atoms. The van der Waals surface area contributed by atoms with Crippen LogP contribution in [-0.2, 0) is 6.42 Å². The number of benzene rings is 1. The average Bonchev–Trinajstić information content (AvgIpc) is 3.10. The Morgan fingerprint density at radius 1 is 1.14 bits per heavy atom. The maximum absolute atomic E-state index is 12.9. The van der Waals surface area contributed by atoms with E-state index in [0.29, 0.717) is 0 Å². The van der Waals surface area contributed by atoms with Gasteiger partial charge in [0.15, 0.2) is 5.96 Å². The summed E-state index contributed by atoms with van der Waals surface area (Å²) >= 11 is 1.73. The highest BCUT2D eigenvalue weighted by Gasteiger charge is 2.02. The van der Waals surface area contributed by atoms with Gasteiger partial charge in [0.1, 0.15) is 11.5 Å². The molecule has 0 bridgehead atoms. The summed E-state index contributed by atoms with van der Waals surface area (Å²) in [4.78, 5) is 9.93. The van der Waals surface area contributed by atoms with Gasteiger partial charge in [-0.15, -0.1) is 35.7 Å². The van der Waals surface area contributed by atoms with Crippen LogP contribution in [0.1, 0.15) is 12.1 Å². The predicted octanol–water partition coefficient (Wildman–Crippen LogP) is 3.98. The first-order chi connectivity index (χ1) is 13.2. The molecule has 0 atom stereocenters. The van der Waals surface area contributed by atoms with Gasteiger partial charge in [-0.05, 0) is 48.6 Å². The molecule has 0 amide bonds. The zero-order valence-electron chi connectivity index (χ0n) is 15.8. The summed E-state index contributed by atoms with van der Waals surface area (Å²) < 4.78 is 14.9. The second-order valence-corrected chi connectivity index (χ2v) is 7.20. The number of hydrogen-bond donors (Lipinski definition) is 2. The number of hydrogen-bond acceptors (Lipinski definition) is 3. The van der Waals surface area contributed by atoms with E-state index in [0.717, 1.165) is 53.9 Å². The van der Waals surface area contributed by atoms with E-state index < -0.39 is 0 Å². The maximum Gasteiger partial charge on any atom is 0.190 e. The molecule has 150 valence electrons. The van der Waals surface area contributed by atoms with E-state index in [1.165, 1.54) is 12.1 Å². The molecule has 0 unspecified atom stereocenters. The minimum Gasteiger partial charge on any atom is -0.356 e. The number of nitrogens with zero attached hydrogens (tertiary/aromatic N) is 3. The van der Waals surface area contributed by atoms with Crippen molar-refractivity contribution in [2.24, 2.45) is 4.99 Å². The van der Waals surface area contributed by atoms with Gasteiger partial charge in [-0.2, -0.15) is 0 Å². The first kappa shape index (κ1) is 22.5. The Morgan fingerprint density at radius 3 is 2.68 bits per heavy atom. The van der Waals surface area contributed by atoms with Crippen LogP contribution in [0.15, 0.2) is 64.7 Å². The second-order valence-electron chi connectivity index (χ2n) is 6.03. The van der Waals surface area contributed by atoms with Gasteiger partial charge in [0.25, 0.3) is 0 Å². The molecule has 0 aliphatic rings. The smallest absolute Gasteiger partial charge is 0.190 e. The van der Waals surface area contributed by atoms with Crippen molar-refractivity contribution < 1.29 is 4.39 Å². The van der Waals surface area contributed by atoms with E-state index in [4.69, 9.17) is 0 Å². The van der Waals surface area contributed by atoms with Crippen molar-refractivity contribution in [3.63, 3.8) is 0 Å². The Kier molecular flexibility index (Phi) is 9.56. The predicted molar refractivity (Wildman–Crippen MR) is 125 cm³/mol. The number of nitrogens with one attached hydrogen (secondary N) is 2. The molecule has 2 aromatic heterocycles. The van der Waals surface area contributed by atoms with Crippen molar-refractivity contribution in [2.75, 3.05) is 25.9 Å². The highest BCUT2D eigenvalue weighted by Crippen LogP contribution is 2.18. The van der Waals surface area contributed by atoms with Crippen molar-refractivity contribution >= 4 is 47.3 Å². The fraction of sp³-hybridized carbons (Fsp3) is 0.300. The first-order valence-corrected chi connectivity index (χ1v) is 9.98. The molecule has 1 aromatic carbocycles. The summed E-state index contributed by atoms with van der Waals surface area (Å²) in [7, 11) is 1.77. The third-order valence-electron chi connectivity index (χ3n) is 4.01. The quantitative estimate of drug-likeness (QED) is 0.157. The van der Waals surface area contributed by atoms with Gasteiger partial charge >= 0.3 is 0 Å². The third-order valence-corrected chi connectivity index (χ3v) is 5.11. The summed E-state index contributed by atoms with van der Waals surface area (Å²) in [6.45, 7) is 1.61. The van der Waals surface area contributed by atoms with Gasteiger partial charge in [-0.25, -0.2) is 9.37 Å². The van der Waals surface area contributed by atoms with Crippen molar-refractivity contribution in [3.05, 3.63) is 66.4 Å². The molecule has 0 fully saturated rings. The van der Waals surface area contributed by atoms with Gasteiger partial charge in [0.2, 0.25) is 0 Å². The molecule has 5 nitrogen and oxygen atoms in total. The molecule has 0 aliphatic heterocycles. The van der Waals surface area contributed by atoms with E-state index in [1.807, 2.05) is 40.9 Å². The van der Waals surface area contributed by atoms with Gasteiger partial charge in [-0.1, -0.05) is 6.07 Å². The summed E-state index contributed by atoms with van der Waals surface area (Å²) in [6.07, 6.45) is 5.89. The molecule has 8 heteroatoms. The standard InChI is InChI=1S/C20H24FN5S.HI/c1-22-20(23-11-4-14-27-18-8-6-16(21)7-9-18)24-12-10-17-15-26-13-3-2-5-19(26)25-17;/h2-3,5-9,13,15H,4,10-12,14H2,1H3,(H2,22,23,24);1H. The number of pyridine rings is 1. The van der Waals surface area contributed by atoms with E-state index in [2.05, 4.69) is 26.8 Å². The Labute approximate surface area is 186 Å². The number of guanidine groups is 1. The van der Waals surface area contributed by atoms with Crippen molar-refractivity contribution in [3.8, 4) is 0 Å². The molecule has 0 radical (unpaired) electrons. The number of aromatic nitrogens is 2. The van der Waals surface area contributed by atoms with Gasteiger partial charge in [0, 0.05) is 43.8 Å². The second kappa shape index (κ2) is 11.9. The zero-order chi connectivity index (χ0) is 18.9. The molecule has 3 aromatic rings. The Hall–Kier alpha value is -1.81. The third kappa shape index (κ3) is 6.97. The number of rotatable bonds is 8. The lowest BCUT2D eigenvalue weighted by Crippen LogP contribution is -2.38. The van der Waals surface area contributed by atoms with Gasteiger partial charge in [-0.3, -0.25) is 4.99 Å². The molecule has 28 heavy (non-hydrogen) atoms. The summed E-state index contributed by atoms with van der Waals surface area (Å²) in [5.74, 6) is 1.57. The highest BCUT2D eigenvalue weighted by atomic mass is 127. The lowest BCUT2D eigenvalue weighted by molar-refractivity contribution is 0.626. The monoisotopic (exact) mass is 513 g/mol. The average molecular weight is 513 g/mol. The van der Waals surface area contributed by atoms with Crippen LogP contribution < -0.4 is 10.6 Å². The molecular weight excluding hydrogens is 488 g/mol. The van der Waals surface area contributed by atoms with Crippen LogP contribution >= 0.6 is 35.7 Å². The SMILES string of the molecule is CN=C(NCCCSc1ccc(F)cc1)NCCc1cn2ccccc2n1.I. The lowest BCUT2D eigenvalue weighted by Gasteiger charge is -2.11. The number of thioether (sulfide) groups is 1. The fourth-order valence-electron chi connectivity index (χ4n) is 2.64. The molecule has 0 saturated heterocycles. The molecule has 0 aliphatic carbocycles. The first-order valence-electron chi connectivity index (χ1n) is 9.00. The number of imidazole rings is 1. The molecule has 3 rings (SSSR count). The zero-order valence-corrected chi connectivity index (χ0v) is 18.9. The summed E-state index contributed by atoms with van der Waals surface area (Å²) in [5.41, 5.74) is 2.02.